The summed E-state index contributed by atoms with van der Waals surface area (Å²) in [5.41, 5.74) is 6.82. The summed E-state index contributed by atoms with van der Waals surface area (Å²) in [6, 6.07) is 8.00. The highest BCUT2D eigenvalue weighted by molar-refractivity contribution is 6.34. The molecule has 0 radical (unpaired) electrons. The van der Waals surface area contributed by atoms with Gasteiger partial charge in [-0.25, -0.2) is 0 Å². The summed E-state index contributed by atoms with van der Waals surface area (Å²) >= 11 is 6.14. The zero-order valence-corrected chi connectivity index (χ0v) is 13.7. The zero-order valence-electron chi connectivity index (χ0n) is 13.0. The first kappa shape index (κ1) is 16.8. The van der Waals surface area contributed by atoms with Gasteiger partial charge >= 0.3 is 0 Å². The molecule has 3 N–H and O–H groups in total. The van der Waals surface area contributed by atoms with E-state index in [0.29, 0.717) is 34.2 Å². The maximum atomic E-state index is 12.5. The van der Waals surface area contributed by atoms with Crippen LogP contribution >= 0.6 is 11.6 Å². The Morgan fingerprint density at radius 2 is 1.74 bits per heavy atom. The van der Waals surface area contributed by atoms with E-state index in [1.54, 1.807) is 24.3 Å². The smallest absolute Gasteiger partial charge is 0.259 e. The van der Waals surface area contributed by atoms with Crippen LogP contribution in [0.15, 0.2) is 30.3 Å². The molecule has 0 aromatic heterocycles. The Balaban J connectivity index is 2.37. The summed E-state index contributed by atoms with van der Waals surface area (Å²) in [4.78, 5) is 12.5. The molecule has 0 aliphatic carbocycles. The molecule has 0 aliphatic heterocycles. The van der Waals surface area contributed by atoms with Crippen molar-refractivity contribution in [1.82, 2.24) is 0 Å². The van der Waals surface area contributed by atoms with Crippen molar-refractivity contribution in [3.63, 3.8) is 0 Å². The van der Waals surface area contributed by atoms with Gasteiger partial charge in [0, 0.05) is 17.8 Å². The van der Waals surface area contributed by atoms with Gasteiger partial charge < -0.3 is 25.3 Å². The van der Waals surface area contributed by atoms with Crippen molar-refractivity contribution in [3.05, 3.63) is 40.9 Å². The second-order valence-corrected chi connectivity index (χ2v) is 5.01. The minimum absolute atomic E-state index is 0.280. The van der Waals surface area contributed by atoms with Gasteiger partial charge in [0.2, 0.25) is 0 Å². The number of ether oxygens (including phenoxy) is 3. The maximum Gasteiger partial charge on any atom is 0.259 e. The van der Waals surface area contributed by atoms with E-state index in [-0.39, 0.29) is 5.02 Å². The lowest BCUT2D eigenvalue weighted by molar-refractivity contribution is 0.102. The topological polar surface area (TPSA) is 82.8 Å². The number of halogens is 1. The van der Waals surface area contributed by atoms with E-state index >= 15 is 0 Å². The van der Waals surface area contributed by atoms with Gasteiger partial charge in [0.15, 0.2) is 0 Å². The molecule has 2 aromatic rings. The van der Waals surface area contributed by atoms with Crippen LogP contribution in [0.2, 0.25) is 5.02 Å². The lowest BCUT2D eigenvalue weighted by Crippen LogP contribution is -2.14. The van der Waals surface area contributed by atoms with Gasteiger partial charge in [0.05, 0.1) is 31.9 Å². The van der Waals surface area contributed by atoms with E-state index in [0.717, 1.165) is 0 Å². The van der Waals surface area contributed by atoms with Crippen LogP contribution in [0, 0.1) is 0 Å². The molecule has 0 saturated heterocycles. The Morgan fingerprint density at radius 1 is 1.04 bits per heavy atom. The summed E-state index contributed by atoms with van der Waals surface area (Å²) in [5.74, 6) is 0.944. The molecular formula is C16H17ClN2O4. The summed E-state index contributed by atoms with van der Waals surface area (Å²) in [6.45, 7) is 0. The predicted octanol–water partition coefficient (Wildman–Crippen LogP) is 3.20. The van der Waals surface area contributed by atoms with Crippen molar-refractivity contribution >= 4 is 28.9 Å². The number of anilines is 2. The molecule has 0 spiro atoms. The molecule has 0 saturated carbocycles. The van der Waals surface area contributed by atoms with Crippen molar-refractivity contribution < 1.29 is 19.0 Å². The quantitative estimate of drug-likeness (QED) is 0.819. The molecule has 122 valence electrons. The normalized spacial score (nSPS) is 10.1. The fraction of sp³-hybridized carbons (Fsp3) is 0.188. The largest absolute Gasteiger partial charge is 0.497 e. The number of hydrogen-bond donors (Lipinski definition) is 2. The third-order valence-electron chi connectivity index (χ3n) is 3.19. The zero-order chi connectivity index (χ0) is 17.0. The highest BCUT2D eigenvalue weighted by Gasteiger charge is 2.17. The van der Waals surface area contributed by atoms with Crippen molar-refractivity contribution in [1.29, 1.82) is 0 Å². The third-order valence-corrected chi connectivity index (χ3v) is 3.49. The monoisotopic (exact) mass is 336 g/mol. The molecule has 0 heterocycles. The molecule has 2 rings (SSSR count). The number of methoxy groups -OCH3 is 3. The second kappa shape index (κ2) is 7.11. The van der Waals surface area contributed by atoms with Crippen LogP contribution in [0.4, 0.5) is 11.4 Å². The molecule has 0 aliphatic rings. The van der Waals surface area contributed by atoms with E-state index in [9.17, 15) is 4.79 Å². The molecule has 1 amide bonds. The van der Waals surface area contributed by atoms with Gasteiger partial charge in [-0.15, -0.1) is 0 Å². The van der Waals surface area contributed by atoms with Gasteiger partial charge in [-0.3, -0.25) is 4.79 Å². The van der Waals surface area contributed by atoms with Crippen molar-refractivity contribution in [3.8, 4) is 17.2 Å². The lowest BCUT2D eigenvalue weighted by atomic mass is 10.1. The Morgan fingerprint density at radius 3 is 2.35 bits per heavy atom. The average molecular weight is 337 g/mol. The predicted molar refractivity (Wildman–Crippen MR) is 89.9 cm³/mol. The number of rotatable bonds is 5. The summed E-state index contributed by atoms with van der Waals surface area (Å²) in [7, 11) is 4.48. The van der Waals surface area contributed by atoms with Crippen molar-refractivity contribution in [2.24, 2.45) is 0 Å². The van der Waals surface area contributed by atoms with E-state index in [1.807, 2.05) is 0 Å². The third kappa shape index (κ3) is 3.60. The van der Waals surface area contributed by atoms with Crippen LogP contribution in [0.1, 0.15) is 10.4 Å². The van der Waals surface area contributed by atoms with Crippen molar-refractivity contribution in [2.45, 2.75) is 0 Å². The maximum absolute atomic E-state index is 12.5. The van der Waals surface area contributed by atoms with Crippen LogP contribution < -0.4 is 25.3 Å². The lowest BCUT2D eigenvalue weighted by Gasteiger charge is -2.14. The van der Waals surface area contributed by atoms with Gasteiger partial charge in [-0.2, -0.15) is 0 Å². The van der Waals surface area contributed by atoms with E-state index < -0.39 is 5.91 Å². The van der Waals surface area contributed by atoms with Crippen LogP contribution in [0.5, 0.6) is 17.2 Å². The Hall–Kier alpha value is -2.60. The number of nitrogen functional groups attached to an aromatic ring is 1. The highest BCUT2D eigenvalue weighted by Crippen LogP contribution is 2.36. The SMILES string of the molecule is COc1ccc(C(=O)Nc2c(Cl)cc(N)cc2OC)c(OC)c1. The number of nitrogens with two attached hydrogens (primary N) is 1. The first-order valence-electron chi connectivity index (χ1n) is 6.66. The number of hydrogen-bond acceptors (Lipinski definition) is 5. The van der Waals surface area contributed by atoms with Crippen LogP contribution in [-0.2, 0) is 0 Å². The fourth-order valence-corrected chi connectivity index (χ4v) is 2.32. The molecule has 0 unspecified atom stereocenters. The summed E-state index contributed by atoms with van der Waals surface area (Å²) < 4.78 is 15.5. The minimum Gasteiger partial charge on any atom is -0.497 e. The second-order valence-electron chi connectivity index (χ2n) is 4.60. The number of carbonyl (C=O) groups is 1. The van der Waals surface area contributed by atoms with Gasteiger partial charge in [-0.1, -0.05) is 11.6 Å². The van der Waals surface area contributed by atoms with E-state index in [1.165, 1.54) is 27.4 Å². The molecule has 2 aromatic carbocycles. The first-order chi connectivity index (χ1) is 11.0. The van der Waals surface area contributed by atoms with E-state index in [4.69, 9.17) is 31.5 Å². The Kier molecular flexibility index (Phi) is 5.18. The molecule has 0 atom stereocenters. The number of amides is 1. The first-order valence-corrected chi connectivity index (χ1v) is 7.04. The Labute approximate surface area is 139 Å². The number of benzene rings is 2. The van der Waals surface area contributed by atoms with Gasteiger partial charge in [0.1, 0.15) is 22.9 Å². The minimum atomic E-state index is -0.394. The molecule has 23 heavy (non-hydrogen) atoms. The fourth-order valence-electron chi connectivity index (χ4n) is 2.05. The van der Waals surface area contributed by atoms with Crippen LogP contribution in [-0.4, -0.2) is 27.2 Å². The standard InChI is InChI=1S/C16H17ClN2O4/c1-21-10-4-5-11(13(8-10)22-2)16(20)19-15-12(17)6-9(18)7-14(15)23-3/h4-8H,18H2,1-3H3,(H,19,20). The van der Waals surface area contributed by atoms with Gasteiger partial charge in [-0.05, 0) is 18.2 Å². The summed E-state index contributed by atoms with van der Waals surface area (Å²) in [5, 5.41) is 2.99. The number of carbonyl (C=O) groups excluding carboxylic acids is 1. The summed E-state index contributed by atoms with van der Waals surface area (Å²) in [6.07, 6.45) is 0. The molecular weight excluding hydrogens is 320 g/mol. The molecule has 0 fully saturated rings. The van der Waals surface area contributed by atoms with Crippen LogP contribution in [0.25, 0.3) is 0 Å². The number of nitrogens with one attached hydrogen (secondary N) is 1. The van der Waals surface area contributed by atoms with Crippen molar-refractivity contribution in [2.75, 3.05) is 32.4 Å². The van der Waals surface area contributed by atoms with E-state index in [2.05, 4.69) is 5.32 Å². The average Bonchev–Trinajstić information content (AvgIpc) is 2.56. The van der Waals surface area contributed by atoms with Crippen LogP contribution in [0.3, 0.4) is 0 Å². The van der Waals surface area contributed by atoms with Gasteiger partial charge in [0.25, 0.3) is 5.91 Å². The molecule has 7 heteroatoms. The Bertz CT molecular complexity index is 734. The highest BCUT2D eigenvalue weighted by atomic mass is 35.5. The molecule has 0 bridgehead atoms. The molecule has 6 nitrogen and oxygen atoms in total.